The molecule has 0 spiro atoms. The molecular formula is C15H21NO5. The molecule has 0 saturated carbocycles. The SMILES string of the molecule is CN(C(=O)OC(C)(C)C)C(C)(C(=O)O)c1cccc(O)c1. The van der Waals surface area contributed by atoms with Gasteiger partial charge in [-0.2, -0.15) is 0 Å². The molecule has 6 nitrogen and oxygen atoms in total. The van der Waals surface area contributed by atoms with Crippen molar-refractivity contribution < 1.29 is 24.5 Å². The molecule has 0 fully saturated rings. The van der Waals surface area contributed by atoms with Gasteiger partial charge in [-0.25, -0.2) is 9.59 Å². The molecule has 0 saturated heterocycles. The summed E-state index contributed by atoms with van der Waals surface area (Å²) in [6, 6.07) is 5.80. The number of carboxylic acid groups (broad SMARTS) is 1. The molecule has 116 valence electrons. The molecule has 6 heteroatoms. The summed E-state index contributed by atoms with van der Waals surface area (Å²) in [4.78, 5) is 24.9. The van der Waals surface area contributed by atoms with Crippen LogP contribution in [0.1, 0.15) is 33.3 Å². The number of aliphatic carboxylic acids is 1. The summed E-state index contributed by atoms with van der Waals surface area (Å²) in [5.74, 6) is -1.29. The molecule has 0 aromatic heterocycles. The smallest absolute Gasteiger partial charge is 0.411 e. The number of hydrogen-bond donors (Lipinski definition) is 2. The van der Waals surface area contributed by atoms with E-state index >= 15 is 0 Å². The summed E-state index contributed by atoms with van der Waals surface area (Å²) in [6.07, 6.45) is -0.754. The number of carboxylic acids is 1. The van der Waals surface area contributed by atoms with Crippen LogP contribution < -0.4 is 0 Å². The third-order valence-electron chi connectivity index (χ3n) is 3.16. The fourth-order valence-corrected chi connectivity index (χ4v) is 1.78. The number of benzene rings is 1. The summed E-state index contributed by atoms with van der Waals surface area (Å²) in [5, 5.41) is 19.1. The summed E-state index contributed by atoms with van der Waals surface area (Å²) in [6.45, 7) is 6.48. The van der Waals surface area contributed by atoms with Crippen LogP contribution in [0, 0.1) is 0 Å². The van der Waals surface area contributed by atoms with E-state index < -0.39 is 23.2 Å². The highest BCUT2D eigenvalue weighted by atomic mass is 16.6. The van der Waals surface area contributed by atoms with Crippen LogP contribution in [0.4, 0.5) is 4.79 Å². The van der Waals surface area contributed by atoms with Crippen LogP contribution in [0.5, 0.6) is 5.75 Å². The van der Waals surface area contributed by atoms with Gasteiger partial charge in [-0.1, -0.05) is 12.1 Å². The topological polar surface area (TPSA) is 87.1 Å². The van der Waals surface area contributed by atoms with Gasteiger partial charge in [0.2, 0.25) is 0 Å². The summed E-state index contributed by atoms with van der Waals surface area (Å²) in [7, 11) is 1.35. The van der Waals surface area contributed by atoms with Crippen molar-refractivity contribution in [3.05, 3.63) is 29.8 Å². The van der Waals surface area contributed by atoms with E-state index in [-0.39, 0.29) is 11.3 Å². The van der Waals surface area contributed by atoms with E-state index in [4.69, 9.17) is 4.74 Å². The van der Waals surface area contributed by atoms with Crippen molar-refractivity contribution in [2.45, 2.75) is 38.8 Å². The first-order valence-electron chi connectivity index (χ1n) is 6.48. The van der Waals surface area contributed by atoms with Gasteiger partial charge >= 0.3 is 12.1 Å². The Balaban J connectivity index is 3.22. The molecule has 1 atom stereocenters. The average molecular weight is 295 g/mol. The molecule has 1 aromatic rings. The molecule has 0 radical (unpaired) electrons. The zero-order valence-corrected chi connectivity index (χ0v) is 12.9. The Morgan fingerprint density at radius 2 is 1.76 bits per heavy atom. The highest BCUT2D eigenvalue weighted by molar-refractivity contribution is 5.85. The lowest BCUT2D eigenvalue weighted by Crippen LogP contribution is -2.51. The van der Waals surface area contributed by atoms with Crippen molar-refractivity contribution in [2.24, 2.45) is 0 Å². The highest BCUT2D eigenvalue weighted by Crippen LogP contribution is 2.31. The fourth-order valence-electron chi connectivity index (χ4n) is 1.78. The van der Waals surface area contributed by atoms with Gasteiger partial charge in [-0.05, 0) is 45.4 Å². The van der Waals surface area contributed by atoms with Crippen molar-refractivity contribution in [1.29, 1.82) is 0 Å². The molecule has 1 unspecified atom stereocenters. The van der Waals surface area contributed by atoms with Gasteiger partial charge in [0.05, 0.1) is 0 Å². The molecule has 0 aliphatic carbocycles. The van der Waals surface area contributed by atoms with Gasteiger partial charge in [0.15, 0.2) is 5.54 Å². The normalized spacial score (nSPS) is 14.1. The molecule has 0 aliphatic heterocycles. The maximum absolute atomic E-state index is 12.1. The maximum atomic E-state index is 12.1. The highest BCUT2D eigenvalue weighted by Gasteiger charge is 2.43. The Labute approximate surface area is 124 Å². The van der Waals surface area contributed by atoms with E-state index in [1.165, 1.54) is 38.2 Å². The molecule has 1 aromatic carbocycles. The molecule has 0 heterocycles. The molecule has 1 rings (SSSR count). The van der Waals surface area contributed by atoms with Crippen LogP contribution in [0.3, 0.4) is 0 Å². The van der Waals surface area contributed by atoms with Gasteiger partial charge in [0.1, 0.15) is 11.4 Å². The summed E-state index contributed by atoms with van der Waals surface area (Å²) < 4.78 is 5.21. The second-order valence-electron chi connectivity index (χ2n) is 5.97. The number of carbonyl (C=O) groups is 2. The van der Waals surface area contributed by atoms with E-state index in [1.54, 1.807) is 20.8 Å². The lowest BCUT2D eigenvalue weighted by Gasteiger charge is -2.36. The number of nitrogens with zero attached hydrogens (tertiary/aromatic N) is 1. The fraction of sp³-hybridized carbons (Fsp3) is 0.467. The molecule has 2 N–H and O–H groups in total. The van der Waals surface area contributed by atoms with Crippen molar-refractivity contribution in [3.63, 3.8) is 0 Å². The van der Waals surface area contributed by atoms with Crippen LogP contribution in [-0.4, -0.2) is 39.8 Å². The number of ether oxygens (including phenoxy) is 1. The molecule has 1 amide bonds. The van der Waals surface area contributed by atoms with Gasteiger partial charge < -0.3 is 14.9 Å². The minimum Gasteiger partial charge on any atom is -0.508 e. The molecular weight excluding hydrogens is 274 g/mol. The van der Waals surface area contributed by atoms with Crippen LogP contribution in [0.2, 0.25) is 0 Å². The van der Waals surface area contributed by atoms with Gasteiger partial charge in [-0.15, -0.1) is 0 Å². The number of aromatic hydroxyl groups is 1. The van der Waals surface area contributed by atoms with E-state index in [0.29, 0.717) is 0 Å². The Morgan fingerprint density at radius 3 is 2.19 bits per heavy atom. The minimum atomic E-state index is -1.65. The Morgan fingerprint density at radius 1 is 1.19 bits per heavy atom. The second-order valence-corrected chi connectivity index (χ2v) is 5.97. The number of phenols is 1. The van der Waals surface area contributed by atoms with Crippen LogP contribution in [0.25, 0.3) is 0 Å². The van der Waals surface area contributed by atoms with Gasteiger partial charge in [-0.3, -0.25) is 4.90 Å². The van der Waals surface area contributed by atoms with Crippen LogP contribution in [-0.2, 0) is 15.1 Å². The minimum absolute atomic E-state index is 0.0717. The predicted molar refractivity (Wildman–Crippen MR) is 77.1 cm³/mol. The molecule has 0 bridgehead atoms. The van der Waals surface area contributed by atoms with E-state index in [1.807, 2.05) is 0 Å². The standard InChI is InChI=1S/C15H21NO5/c1-14(2,3)21-13(20)16(5)15(4,12(18)19)10-7-6-8-11(17)9-10/h6-9,17H,1-5H3,(H,18,19). The predicted octanol–water partition coefficient (Wildman–Crippen LogP) is 2.56. The Bertz CT molecular complexity index is 549. The number of rotatable bonds is 3. The summed E-state index contributed by atoms with van der Waals surface area (Å²) >= 11 is 0. The monoisotopic (exact) mass is 295 g/mol. The Kier molecular flexibility index (Phi) is 4.51. The van der Waals surface area contributed by atoms with Gasteiger partial charge in [0, 0.05) is 7.05 Å². The zero-order valence-electron chi connectivity index (χ0n) is 12.9. The zero-order chi connectivity index (χ0) is 16.4. The average Bonchev–Trinajstić information content (AvgIpc) is 2.34. The lowest BCUT2D eigenvalue weighted by atomic mass is 9.90. The third kappa shape index (κ3) is 3.65. The number of hydrogen-bond acceptors (Lipinski definition) is 4. The van der Waals surface area contributed by atoms with Crippen LogP contribution in [0.15, 0.2) is 24.3 Å². The molecule has 0 aliphatic rings. The second kappa shape index (κ2) is 5.63. The first-order valence-corrected chi connectivity index (χ1v) is 6.48. The third-order valence-corrected chi connectivity index (χ3v) is 3.16. The number of amides is 1. The Hall–Kier alpha value is -2.24. The van der Waals surface area contributed by atoms with Crippen LogP contribution >= 0.6 is 0 Å². The van der Waals surface area contributed by atoms with Crippen molar-refractivity contribution in [2.75, 3.05) is 7.05 Å². The van der Waals surface area contributed by atoms with Crippen molar-refractivity contribution in [1.82, 2.24) is 4.90 Å². The summed E-state index contributed by atoms with van der Waals surface area (Å²) in [5.41, 5.74) is -2.10. The van der Waals surface area contributed by atoms with E-state index in [9.17, 15) is 19.8 Å². The quantitative estimate of drug-likeness (QED) is 0.895. The number of likely N-dealkylation sites (N-methyl/N-ethyl adjacent to an activating group) is 1. The van der Waals surface area contributed by atoms with E-state index in [0.717, 1.165) is 4.90 Å². The van der Waals surface area contributed by atoms with Crippen molar-refractivity contribution in [3.8, 4) is 5.75 Å². The first kappa shape index (κ1) is 16.8. The lowest BCUT2D eigenvalue weighted by molar-refractivity contribution is -0.150. The number of carbonyl (C=O) groups excluding carboxylic acids is 1. The molecule has 21 heavy (non-hydrogen) atoms. The maximum Gasteiger partial charge on any atom is 0.411 e. The van der Waals surface area contributed by atoms with E-state index in [2.05, 4.69) is 0 Å². The van der Waals surface area contributed by atoms with Crippen molar-refractivity contribution >= 4 is 12.1 Å². The van der Waals surface area contributed by atoms with Gasteiger partial charge in [0.25, 0.3) is 0 Å². The number of phenolic OH excluding ortho intramolecular Hbond substituents is 1. The first-order chi connectivity index (χ1) is 9.48. The largest absolute Gasteiger partial charge is 0.508 e.